The molecule has 1 aliphatic rings. The predicted octanol–water partition coefficient (Wildman–Crippen LogP) is 2.82. The molecular weight excluding hydrogens is 279 g/mol. The van der Waals surface area contributed by atoms with Crippen LogP contribution in [0.3, 0.4) is 0 Å². The Kier molecular flexibility index (Phi) is 3.67. The first-order valence-corrected chi connectivity index (χ1v) is 7.46. The zero-order valence-electron chi connectivity index (χ0n) is 11.0. The SMILES string of the molecule is C=CC1(S(=O)(=O)c2ccccc2)C=CC=CC1(F)OC. The molecule has 0 bridgehead atoms. The van der Waals surface area contributed by atoms with Crippen molar-refractivity contribution in [1.82, 2.24) is 0 Å². The minimum Gasteiger partial charge on any atom is -0.344 e. The van der Waals surface area contributed by atoms with E-state index >= 15 is 0 Å². The smallest absolute Gasteiger partial charge is 0.255 e. The summed E-state index contributed by atoms with van der Waals surface area (Å²) >= 11 is 0. The summed E-state index contributed by atoms with van der Waals surface area (Å²) in [4.78, 5) is 0.0129. The number of methoxy groups -OCH3 is 1. The number of benzene rings is 1. The van der Waals surface area contributed by atoms with Crippen LogP contribution >= 0.6 is 0 Å². The lowest BCUT2D eigenvalue weighted by atomic mass is 9.94. The molecule has 0 heterocycles. The van der Waals surface area contributed by atoms with Gasteiger partial charge in [0.2, 0.25) is 0 Å². The van der Waals surface area contributed by atoms with E-state index < -0.39 is 20.4 Å². The van der Waals surface area contributed by atoms with Gasteiger partial charge in [-0.1, -0.05) is 42.5 Å². The van der Waals surface area contributed by atoms with E-state index in [2.05, 4.69) is 6.58 Å². The van der Waals surface area contributed by atoms with E-state index in [1.807, 2.05) is 0 Å². The summed E-state index contributed by atoms with van der Waals surface area (Å²) in [5.41, 5.74) is 0. The highest BCUT2D eigenvalue weighted by atomic mass is 32.2. The van der Waals surface area contributed by atoms with Gasteiger partial charge in [0, 0.05) is 7.11 Å². The van der Waals surface area contributed by atoms with Gasteiger partial charge in [-0.05, 0) is 18.2 Å². The molecule has 0 N–H and O–H groups in total. The average Bonchev–Trinajstić information content (AvgIpc) is 2.48. The number of hydrogen-bond acceptors (Lipinski definition) is 3. The van der Waals surface area contributed by atoms with Crippen LogP contribution in [0.15, 0.2) is 72.2 Å². The van der Waals surface area contributed by atoms with E-state index in [1.54, 1.807) is 18.2 Å². The number of halogens is 1. The van der Waals surface area contributed by atoms with E-state index in [1.165, 1.54) is 30.4 Å². The molecular formula is C15H15FO3S. The van der Waals surface area contributed by atoms with Crippen molar-refractivity contribution in [1.29, 1.82) is 0 Å². The molecule has 0 amide bonds. The van der Waals surface area contributed by atoms with Gasteiger partial charge in [-0.15, -0.1) is 6.58 Å². The highest BCUT2D eigenvalue weighted by molar-refractivity contribution is 7.93. The van der Waals surface area contributed by atoms with E-state index in [9.17, 15) is 12.8 Å². The Hall–Kier alpha value is -1.72. The van der Waals surface area contributed by atoms with Crippen molar-refractivity contribution < 1.29 is 17.5 Å². The lowest BCUT2D eigenvalue weighted by molar-refractivity contribution is -0.0898. The van der Waals surface area contributed by atoms with E-state index in [4.69, 9.17) is 4.74 Å². The standard InChI is InChI=1S/C15H15FO3S/c1-3-14(11-7-8-12-15(14,16)19-2)20(17,18)13-9-5-4-6-10-13/h3-12H,1H2,2H3. The predicted molar refractivity (Wildman–Crippen MR) is 75.7 cm³/mol. The Morgan fingerprint density at radius 1 is 1.20 bits per heavy atom. The summed E-state index contributed by atoms with van der Waals surface area (Å²) in [6.07, 6.45) is 6.28. The summed E-state index contributed by atoms with van der Waals surface area (Å²) in [6.45, 7) is 3.51. The number of allylic oxidation sites excluding steroid dienone is 2. The Morgan fingerprint density at radius 2 is 1.80 bits per heavy atom. The summed E-state index contributed by atoms with van der Waals surface area (Å²) in [7, 11) is -2.92. The van der Waals surface area contributed by atoms with Crippen LogP contribution < -0.4 is 0 Å². The van der Waals surface area contributed by atoms with Gasteiger partial charge in [-0.3, -0.25) is 0 Å². The molecule has 20 heavy (non-hydrogen) atoms. The van der Waals surface area contributed by atoms with Gasteiger partial charge in [-0.2, -0.15) is 0 Å². The molecule has 0 saturated carbocycles. The fourth-order valence-corrected chi connectivity index (χ4v) is 4.13. The molecule has 0 spiro atoms. The van der Waals surface area contributed by atoms with E-state index in [0.717, 1.165) is 19.3 Å². The molecule has 0 radical (unpaired) electrons. The fourth-order valence-electron chi connectivity index (χ4n) is 2.23. The number of sulfone groups is 1. The third kappa shape index (κ3) is 1.85. The van der Waals surface area contributed by atoms with Crippen molar-refractivity contribution in [2.24, 2.45) is 0 Å². The third-order valence-electron chi connectivity index (χ3n) is 3.40. The molecule has 3 nitrogen and oxygen atoms in total. The summed E-state index contributed by atoms with van der Waals surface area (Å²) in [5, 5.41) is 0. The maximum Gasteiger partial charge on any atom is 0.255 e. The van der Waals surface area contributed by atoms with Crippen molar-refractivity contribution in [3.8, 4) is 0 Å². The Morgan fingerprint density at radius 3 is 2.35 bits per heavy atom. The maximum absolute atomic E-state index is 15.0. The first kappa shape index (κ1) is 14.7. The lowest BCUT2D eigenvalue weighted by Gasteiger charge is -2.39. The third-order valence-corrected chi connectivity index (χ3v) is 5.76. The quantitative estimate of drug-likeness (QED) is 0.802. The molecule has 0 saturated heterocycles. The van der Waals surface area contributed by atoms with Crippen LogP contribution in [0.25, 0.3) is 0 Å². The summed E-state index contributed by atoms with van der Waals surface area (Å²) in [6, 6.07) is 7.69. The number of hydrogen-bond donors (Lipinski definition) is 0. The van der Waals surface area contributed by atoms with Crippen molar-refractivity contribution >= 4 is 9.84 Å². The molecule has 0 fully saturated rings. The van der Waals surface area contributed by atoms with Crippen LogP contribution in [0.5, 0.6) is 0 Å². The van der Waals surface area contributed by atoms with Crippen molar-refractivity contribution in [3.63, 3.8) is 0 Å². The molecule has 0 aromatic heterocycles. The largest absolute Gasteiger partial charge is 0.344 e. The molecule has 2 atom stereocenters. The second kappa shape index (κ2) is 5.00. The van der Waals surface area contributed by atoms with Crippen LogP contribution in [0.2, 0.25) is 0 Å². The molecule has 2 unspecified atom stereocenters. The van der Waals surface area contributed by atoms with Gasteiger partial charge in [0.05, 0.1) is 4.90 Å². The highest BCUT2D eigenvalue weighted by Gasteiger charge is 2.58. The molecule has 0 aliphatic heterocycles. The van der Waals surface area contributed by atoms with Crippen LogP contribution in [-0.2, 0) is 14.6 Å². The zero-order chi connectivity index (χ0) is 14.9. The Bertz CT molecular complexity index is 664. The lowest BCUT2D eigenvalue weighted by Crippen LogP contribution is -2.54. The van der Waals surface area contributed by atoms with Gasteiger partial charge in [0.1, 0.15) is 0 Å². The van der Waals surface area contributed by atoms with Gasteiger partial charge < -0.3 is 4.74 Å². The monoisotopic (exact) mass is 294 g/mol. The number of ether oxygens (including phenoxy) is 1. The van der Waals surface area contributed by atoms with Crippen molar-refractivity contribution in [2.75, 3.05) is 7.11 Å². The zero-order valence-corrected chi connectivity index (χ0v) is 11.8. The molecule has 1 aromatic rings. The topological polar surface area (TPSA) is 43.4 Å². The first-order valence-electron chi connectivity index (χ1n) is 5.98. The fraction of sp³-hybridized carbons (Fsp3) is 0.200. The normalized spacial score (nSPS) is 29.3. The van der Waals surface area contributed by atoms with Crippen molar-refractivity contribution in [3.05, 3.63) is 67.3 Å². The molecule has 1 aliphatic carbocycles. The number of alkyl halides is 1. The second-order valence-electron chi connectivity index (χ2n) is 4.38. The first-order chi connectivity index (χ1) is 9.43. The van der Waals surface area contributed by atoms with Gasteiger partial charge in [-0.25, -0.2) is 12.8 Å². The molecule has 2 rings (SSSR count). The Balaban J connectivity index is 2.71. The maximum atomic E-state index is 15.0. The van der Waals surface area contributed by atoms with Gasteiger partial charge in [0.15, 0.2) is 14.6 Å². The van der Waals surface area contributed by atoms with E-state index in [-0.39, 0.29) is 4.90 Å². The van der Waals surface area contributed by atoms with Crippen LogP contribution in [0.1, 0.15) is 0 Å². The van der Waals surface area contributed by atoms with Crippen LogP contribution in [0, 0.1) is 0 Å². The van der Waals surface area contributed by atoms with Gasteiger partial charge >= 0.3 is 0 Å². The second-order valence-corrected chi connectivity index (χ2v) is 6.53. The summed E-state index contributed by atoms with van der Waals surface area (Å²) in [5.74, 6) is -2.50. The van der Waals surface area contributed by atoms with Gasteiger partial charge in [0.25, 0.3) is 5.85 Å². The number of rotatable bonds is 4. The van der Waals surface area contributed by atoms with Crippen LogP contribution in [0.4, 0.5) is 4.39 Å². The minimum absolute atomic E-state index is 0.0129. The minimum atomic E-state index is -4.05. The van der Waals surface area contributed by atoms with E-state index in [0.29, 0.717) is 0 Å². The Labute approximate surface area is 118 Å². The molecule has 1 aromatic carbocycles. The van der Waals surface area contributed by atoms with Crippen LogP contribution in [-0.4, -0.2) is 26.1 Å². The average molecular weight is 294 g/mol. The molecule has 106 valence electrons. The van der Waals surface area contributed by atoms with Crippen molar-refractivity contribution in [2.45, 2.75) is 15.5 Å². The molecule has 5 heteroatoms. The highest BCUT2D eigenvalue weighted by Crippen LogP contribution is 2.43. The summed E-state index contributed by atoms with van der Waals surface area (Å²) < 4.78 is 43.5.